The van der Waals surface area contributed by atoms with Gasteiger partial charge >= 0.3 is 6.03 Å². The van der Waals surface area contributed by atoms with Gasteiger partial charge in [0.05, 0.1) is 0 Å². The van der Waals surface area contributed by atoms with E-state index in [2.05, 4.69) is 10.6 Å². The highest BCUT2D eigenvalue weighted by molar-refractivity contribution is 6.31. The summed E-state index contributed by atoms with van der Waals surface area (Å²) in [6.45, 7) is 1.70. The molecule has 2 N–H and O–H groups in total. The molecule has 92 valence electrons. The summed E-state index contributed by atoms with van der Waals surface area (Å²) in [7, 11) is 3.01. The minimum Gasteiger partial charge on any atom is -0.359 e. The van der Waals surface area contributed by atoms with Crippen molar-refractivity contribution in [3.63, 3.8) is 0 Å². The second-order valence-corrected chi connectivity index (χ2v) is 3.91. The van der Waals surface area contributed by atoms with Gasteiger partial charge in [-0.1, -0.05) is 0 Å². The predicted molar refractivity (Wildman–Crippen MR) is 60.2 cm³/mol. The van der Waals surface area contributed by atoms with Crippen molar-refractivity contribution in [2.45, 2.75) is 18.7 Å². The van der Waals surface area contributed by atoms with Crippen LogP contribution in [-0.4, -0.2) is 48.8 Å². The molecule has 1 unspecified atom stereocenters. The third-order valence-corrected chi connectivity index (χ3v) is 2.09. The molecule has 0 saturated heterocycles. The Morgan fingerprint density at radius 3 is 2.38 bits per heavy atom. The SMILES string of the molecule is CNC(=O)CCN(C)C(=O)NC(=O)C(C)Cl. The second-order valence-electron chi connectivity index (χ2n) is 3.26. The summed E-state index contributed by atoms with van der Waals surface area (Å²) in [5, 5.41) is 3.77. The van der Waals surface area contributed by atoms with Crippen LogP contribution in [0.1, 0.15) is 13.3 Å². The first kappa shape index (κ1) is 14.7. The van der Waals surface area contributed by atoms with E-state index in [-0.39, 0.29) is 18.9 Å². The smallest absolute Gasteiger partial charge is 0.323 e. The molecule has 6 nitrogen and oxygen atoms in total. The van der Waals surface area contributed by atoms with Crippen LogP contribution in [0.25, 0.3) is 0 Å². The molecule has 0 fully saturated rings. The molecule has 0 aliphatic rings. The lowest BCUT2D eigenvalue weighted by atomic mass is 10.4. The predicted octanol–water partition coefficient (Wildman–Crippen LogP) is -0.0822. The van der Waals surface area contributed by atoms with Crippen LogP contribution in [0, 0.1) is 0 Å². The highest BCUT2D eigenvalue weighted by atomic mass is 35.5. The van der Waals surface area contributed by atoms with E-state index in [1.807, 2.05) is 0 Å². The van der Waals surface area contributed by atoms with Gasteiger partial charge in [-0.25, -0.2) is 4.79 Å². The van der Waals surface area contributed by atoms with Crippen LogP contribution in [0.2, 0.25) is 0 Å². The van der Waals surface area contributed by atoms with E-state index in [4.69, 9.17) is 11.6 Å². The number of amides is 4. The number of alkyl halides is 1. The molecule has 0 heterocycles. The fraction of sp³-hybridized carbons (Fsp3) is 0.667. The van der Waals surface area contributed by atoms with Crippen LogP contribution < -0.4 is 10.6 Å². The fourth-order valence-corrected chi connectivity index (χ4v) is 0.851. The summed E-state index contributed by atoms with van der Waals surface area (Å²) >= 11 is 5.48. The monoisotopic (exact) mass is 249 g/mol. The third kappa shape index (κ3) is 5.55. The van der Waals surface area contributed by atoms with Crippen LogP contribution in [0.4, 0.5) is 4.79 Å². The van der Waals surface area contributed by atoms with Crippen LogP contribution in [0.15, 0.2) is 0 Å². The van der Waals surface area contributed by atoms with E-state index in [9.17, 15) is 14.4 Å². The zero-order chi connectivity index (χ0) is 12.7. The minimum absolute atomic E-state index is 0.170. The molecule has 0 spiro atoms. The van der Waals surface area contributed by atoms with E-state index in [1.54, 1.807) is 0 Å². The van der Waals surface area contributed by atoms with Crippen molar-refractivity contribution in [2.24, 2.45) is 0 Å². The zero-order valence-corrected chi connectivity index (χ0v) is 10.3. The van der Waals surface area contributed by atoms with Gasteiger partial charge in [0.2, 0.25) is 11.8 Å². The lowest BCUT2D eigenvalue weighted by molar-refractivity contribution is -0.120. The number of carbonyl (C=O) groups excluding carboxylic acids is 3. The van der Waals surface area contributed by atoms with Crippen LogP contribution >= 0.6 is 11.6 Å². The fourth-order valence-electron chi connectivity index (χ4n) is 0.796. The normalized spacial score (nSPS) is 11.5. The van der Waals surface area contributed by atoms with Crippen LogP contribution in [-0.2, 0) is 9.59 Å². The molecule has 16 heavy (non-hydrogen) atoms. The van der Waals surface area contributed by atoms with E-state index in [0.717, 1.165) is 0 Å². The van der Waals surface area contributed by atoms with E-state index in [1.165, 1.54) is 25.9 Å². The number of urea groups is 1. The Morgan fingerprint density at radius 2 is 1.94 bits per heavy atom. The Kier molecular flexibility index (Phi) is 6.48. The molecule has 0 aromatic heterocycles. The molecule has 0 radical (unpaired) electrons. The Labute approximate surface area is 99.3 Å². The zero-order valence-electron chi connectivity index (χ0n) is 9.54. The van der Waals surface area contributed by atoms with Gasteiger partial charge in [-0.3, -0.25) is 14.9 Å². The summed E-state index contributed by atoms with van der Waals surface area (Å²) in [6, 6.07) is -0.568. The average Bonchev–Trinajstić information content (AvgIpc) is 2.24. The molecule has 0 aliphatic carbocycles. The minimum atomic E-state index is -0.767. The number of hydrogen-bond donors (Lipinski definition) is 2. The van der Waals surface area contributed by atoms with Gasteiger partial charge in [-0.2, -0.15) is 0 Å². The molecule has 1 atom stereocenters. The summed E-state index contributed by atoms with van der Waals surface area (Å²) in [5.41, 5.74) is 0. The Hall–Kier alpha value is -1.30. The Balaban J connectivity index is 4.00. The van der Waals surface area contributed by atoms with E-state index < -0.39 is 17.3 Å². The number of halogens is 1. The van der Waals surface area contributed by atoms with Gasteiger partial charge in [0, 0.05) is 27.1 Å². The number of carbonyl (C=O) groups is 3. The summed E-state index contributed by atoms with van der Waals surface area (Å²) < 4.78 is 0. The molecule has 0 aromatic carbocycles. The number of rotatable bonds is 4. The lowest BCUT2D eigenvalue weighted by Gasteiger charge is -2.17. The van der Waals surface area contributed by atoms with Crippen molar-refractivity contribution in [3.05, 3.63) is 0 Å². The first-order chi connectivity index (χ1) is 7.38. The second kappa shape index (κ2) is 7.05. The summed E-state index contributed by atoms with van der Waals surface area (Å²) in [4.78, 5) is 34.6. The van der Waals surface area contributed by atoms with Crippen molar-refractivity contribution < 1.29 is 14.4 Å². The molecule has 0 bridgehead atoms. The first-order valence-corrected chi connectivity index (χ1v) is 5.22. The first-order valence-electron chi connectivity index (χ1n) is 4.79. The standard InChI is InChI=1S/C9H16ClN3O3/c1-6(10)8(15)12-9(16)13(3)5-4-7(14)11-2/h6H,4-5H2,1-3H3,(H,11,14)(H,12,15,16). The molecule has 4 amide bonds. The number of imide groups is 1. The van der Waals surface area contributed by atoms with E-state index in [0.29, 0.717) is 0 Å². The molecule has 0 aromatic rings. The van der Waals surface area contributed by atoms with Gasteiger partial charge in [0.1, 0.15) is 5.38 Å². The molecular weight excluding hydrogens is 234 g/mol. The van der Waals surface area contributed by atoms with Crippen molar-refractivity contribution in [3.8, 4) is 0 Å². The highest BCUT2D eigenvalue weighted by Crippen LogP contribution is 1.94. The molecule has 0 saturated carbocycles. The van der Waals surface area contributed by atoms with Crippen LogP contribution in [0.5, 0.6) is 0 Å². The number of hydrogen-bond acceptors (Lipinski definition) is 3. The van der Waals surface area contributed by atoms with Gasteiger partial charge in [0.25, 0.3) is 0 Å². The topological polar surface area (TPSA) is 78.5 Å². The van der Waals surface area contributed by atoms with Gasteiger partial charge in [0.15, 0.2) is 0 Å². The van der Waals surface area contributed by atoms with Crippen molar-refractivity contribution in [1.29, 1.82) is 0 Å². The molecular formula is C9H16ClN3O3. The van der Waals surface area contributed by atoms with Gasteiger partial charge in [-0.05, 0) is 6.92 Å². The highest BCUT2D eigenvalue weighted by Gasteiger charge is 2.16. The number of nitrogens with zero attached hydrogens (tertiary/aromatic N) is 1. The maximum atomic E-state index is 11.4. The molecule has 0 rings (SSSR count). The largest absolute Gasteiger partial charge is 0.359 e. The average molecular weight is 250 g/mol. The number of nitrogens with one attached hydrogen (secondary N) is 2. The Bertz CT molecular complexity index is 281. The summed E-state index contributed by atoms with van der Waals surface area (Å²) in [6.07, 6.45) is 0.186. The molecule has 7 heteroatoms. The summed E-state index contributed by atoms with van der Waals surface area (Å²) in [5.74, 6) is -0.727. The van der Waals surface area contributed by atoms with Crippen molar-refractivity contribution in [2.75, 3.05) is 20.6 Å². The van der Waals surface area contributed by atoms with Gasteiger partial charge < -0.3 is 10.2 Å². The quantitative estimate of drug-likeness (QED) is 0.684. The van der Waals surface area contributed by atoms with E-state index >= 15 is 0 Å². The Morgan fingerprint density at radius 1 is 1.38 bits per heavy atom. The van der Waals surface area contributed by atoms with Crippen LogP contribution in [0.3, 0.4) is 0 Å². The van der Waals surface area contributed by atoms with Crippen molar-refractivity contribution >= 4 is 29.4 Å². The van der Waals surface area contributed by atoms with Gasteiger partial charge in [-0.15, -0.1) is 11.6 Å². The van der Waals surface area contributed by atoms with Crippen molar-refractivity contribution in [1.82, 2.24) is 15.5 Å². The lowest BCUT2D eigenvalue weighted by Crippen LogP contribution is -2.44. The molecule has 0 aliphatic heterocycles. The maximum Gasteiger partial charge on any atom is 0.323 e. The third-order valence-electron chi connectivity index (χ3n) is 1.89. The maximum absolute atomic E-state index is 11.4.